The number of nitrogens with zero attached hydrogens (tertiary/aromatic N) is 4. The van der Waals surface area contributed by atoms with Gasteiger partial charge in [-0.2, -0.15) is 4.68 Å². The Balaban J connectivity index is 1.78. The molecule has 0 aliphatic carbocycles. The van der Waals surface area contributed by atoms with Crippen LogP contribution in [0, 0.1) is 5.82 Å². The van der Waals surface area contributed by atoms with Gasteiger partial charge in [0.25, 0.3) is 0 Å². The zero-order chi connectivity index (χ0) is 22.6. The fourth-order valence-electron chi connectivity index (χ4n) is 2.43. The quantitative estimate of drug-likeness (QED) is 0.205. The second-order valence-corrected chi connectivity index (χ2v) is 6.51. The molecule has 1 heterocycles. The van der Waals surface area contributed by atoms with E-state index in [0.717, 1.165) is 12.1 Å². The largest absolute Gasteiger partial charge is 0.426 e. The van der Waals surface area contributed by atoms with E-state index in [1.165, 1.54) is 29.0 Å². The first kappa shape index (κ1) is 24.3. The third-order valence-corrected chi connectivity index (χ3v) is 3.95. The number of esters is 1. The maximum absolute atomic E-state index is 12.9. The number of aromatic nitrogens is 4. The molecule has 2 aromatic rings. The van der Waals surface area contributed by atoms with Crippen LogP contribution in [0.3, 0.4) is 0 Å². The molecule has 0 saturated carbocycles. The van der Waals surface area contributed by atoms with E-state index < -0.39 is 24.0 Å². The van der Waals surface area contributed by atoms with Crippen LogP contribution in [0.5, 0.6) is 5.75 Å². The molecule has 10 nitrogen and oxygen atoms in total. The molecule has 0 amide bonds. The van der Waals surface area contributed by atoms with Gasteiger partial charge in [-0.25, -0.2) is 4.39 Å². The summed E-state index contributed by atoms with van der Waals surface area (Å²) in [6.07, 6.45) is 0.286. The van der Waals surface area contributed by atoms with Crippen LogP contribution < -0.4 is 4.74 Å². The topological polar surface area (TPSA) is 129 Å². The fraction of sp³-hybridized carbons (Fsp3) is 0.400. The van der Waals surface area contributed by atoms with Crippen molar-refractivity contribution in [2.45, 2.75) is 31.8 Å². The summed E-state index contributed by atoms with van der Waals surface area (Å²) in [5.74, 6) is -0.639. The lowest BCUT2D eigenvalue weighted by atomic mass is 10.1. The second kappa shape index (κ2) is 12.6. The van der Waals surface area contributed by atoms with E-state index in [2.05, 4.69) is 22.1 Å². The van der Waals surface area contributed by atoms with E-state index in [4.69, 9.17) is 14.2 Å². The first-order chi connectivity index (χ1) is 14.9. The molecule has 0 fully saturated rings. The predicted octanol–water partition coefficient (Wildman–Crippen LogP) is 1.11. The Bertz CT molecular complexity index is 871. The molecular formula is C20H25FN4O6. The maximum Gasteiger partial charge on any atom is 0.313 e. The summed E-state index contributed by atoms with van der Waals surface area (Å²) in [5, 5.41) is 31.3. The average Bonchev–Trinajstić information content (AvgIpc) is 3.19. The first-order valence-corrected chi connectivity index (χ1v) is 9.41. The fourth-order valence-corrected chi connectivity index (χ4v) is 2.43. The van der Waals surface area contributed by atoms with Gasteiger partial charge >= 0.3 is 5.97 Å². The van der Waals surface area contributed by atoms with E-state index in [1.54, 1.807) is 7.11 Å². The van der Waals surface area contributed by atoms with Gasteiger partial charge in [-0.05, 0) is 34.7 Å². The highest BCUT2D eigenvalue weighted by Gasteiger charge is 2.16. The first-order valence-electron chi connectivity index (χ1n) is 9.41. The maximum atomic E-state index is 12.9. The van der Waals surface area contributed by atoms with Crippen LogP contribution in [-0.4, -0.2) is 68.9 Å². The number of tetrazole rings is 1. The van der Waals surface area contributed by atoms with E-state index >= 15 is 0 Å². The Morgan fingerprint density at radius 2 is 2.03 bits per heavy atom. The van der Waals surface area contributed by atoms with Gasteiger partial charge in [-0.15, -0.1) is 5.10 Å². The lowest BCUT2D eigenvalue weighted by Gasteiger charge is -2.13. The van der Waals surface area contributed by atoms with E-state index in [1.807, 2.05) is 0 Å². The number of aliphatic hydroxyl groups is 2. The number of hydrogen-bond acceptors (Lipinski definition) is 9. The van der Waals surface area contributed by atoms with Crippen molar-refractivity contribution >= 4 is 11.5 Å². The lowest BCUT2D eigenvalue weighted by molar-refractivity contribution is -0.136. The van der Waals surface area contributed by atoms with Crippen LogP contribution in [0.4, 0.5) is 4.39 Å². The summed E-state index contributed by atoms with van der Waals surface area (Å²) in [4.78, 5) is 11.8. The van der Waals surface area contributed by atoms with Crippen molar-refractivity contribution in [3.8, 4) is 5.75 Å². The molecule has 31 heavy (non-hydrogen) atoms. The summed E-state index contributed by atoms with van der Waals surface area (Å²) in [6, 6.07) is 4.92. The molecule has 2 rings (SSSR count). The average molecular weight is 436 g/mol. The summed E-state index contributed by atoms with van der Waals surface area (Å²) < 4.78 is 29.5. The van der Waals surface area contributed by atoms with Crippen LogP contribution in [0.15, 0.2) is 43.0 Å². The van der Waals surface area contributed by atoms with Crippen LogP contribution in [-0.2, 0) is 21.0 Å². The van der Waals surface area contributed by atoms with Crippen molar-refractivity contribution < 1.29 is 33.6 Å². The Morgan fingerprint density at radius 3 is 2.74 bits per heavy atom. The normalized spacial score (nSPS) is 13.3. The number of aliphatic hydroxyl groups excluding tert-OH is 2. The van der Waals surface area contributed by atoms with Gasteiger partial charge < -0.3 is 24.4 Å². The molecular weight excluding hydrogens is 411 g/mol. The highest BCUT2D eigenvalue weighted by atomic mass is 19.1. The monoisotopic (exact) mass is 436 g/mol. The van der Waals surface area contributed by atoms with Crippen LogP contribution in [0.2, 0.25) is 0 Å². The molecule has 11 heteroatoms. The Morgan fingerprint density at radius 1 is 1.29 bits per heavy atom. The number of rotatable bonds is 13. The Hall–Kier alpha value is -2.99. The van der Waals surface area contributed by atoms with Gasteiger partial charge in [-0.1, -0.05) is 18.7 Å². The van der Waals surface area contributed by atoms with Crippen molar-refractivity contribution in [2.24, 2.45) is 0 Å². The van der Waals surface area contributed by atoms with Crippen molar-refractivity contribution in [2.75, 3.05) is 20.3 Å². The van der Waals surface area contributed by atoms with E-state index in [0.29, 0.717) is 24.6 Å². The molecule has 2 unspecified atom stereocenters. The molecule has 0 spiro atoms. The number of carbonyl (C=O) groups excluding carboxylic acids is 1. The highest BCUT2D eigenvalue weighted by molar-refractivity contribution is 5.72. The van der Waals surface area contributed by atoms with Gasteiger partial charge in [0.15, 0.2) is 5.82 Å². The van der Waals surface area contributed by atoms with Crippen LogP contribution in [0.1, 0.15) is 18.7 Å². The smallest absolute Gasteiger partial charge is 0.313 e. The van der Waals surface area contributed by atoms with Crippen molar-refractivity contribution in [3.05, 3.63) is 54.6 Å². The van der Waals surface area contributed by atoms with Crippen molar-refractivity contribution in [3.63, 3.8) is 0 Å². The number of ether oxygens (including phenoxy) is 3. The lowest BCUT2D eigenvalue weighted by Crippen LogP contribution is -2.22. The molecule has 2 N–H and O–H groups in total. The number of hydrogen-bond donors (Lipinski definition) is 2. The molecule has 1 aromatic heterocycles. The van der Waals surface area contributed by atoms with Crippen molar-refractivity contribution in [1.29, 1.82) is 0 Å². The Labute approximate surface area is 178 Å². The van der Waals surface area contributed by atoms with E-state index in [9.17, 15) is 19.4 Å². The SMILES string of the molecule is C=C(C=CC(O)CC(O)CC(=O)Oc1ccc(F)cc1)c1nnnn1COCCOC. The number of benzene rings is 1. The molecule has 0 aliphatic heterocycles. The molecule has 0 radical (unpaired) electrons. The molecule has 0 aliphatic rings. The third kappa shape index (κ3) is 8.72. The molecule has 0 bridgehead atoms. The third-order valence-electron chi connectivity index (χ3n) is 3.95. The number of methoxy groups -OCH3 is 1. The summed E-state index contributed by atoms with van der Waals surface area (Å²) in [6.45, 7) is 4.77. The van der Waals surface area contributed by atoms with Gasteiger partial charge in [0.05, 0.1) is 31.8 Å². The minimum atomic E-state index is -1.14. The predicted molar refractivity (Wildman–Crippen MR) is 107 cm³/mol. The summed E-state index contributed by atoms with van der Waals surface area (Å²) in [5.41, 5.74) is 0.421. The summed E-state index contributed by atoms with van der Waals surface area (Å²) >= 11 is 0. The zero-order valence-electron chi connectivity index (χ0n) is 17.1. The highest BCUT2D eigenvalue weighted by Crippen LogP contribution is 2.14. The summed E-state index contributed by atoms with van der Waals surface area (Å²) in [7, 11) is 1.56. The van der Waals surface area contributed by atoms with Crippen LogP contribution in [0.25, 0.3) is 5.57 Å². The molecule has 1 aromatic carbocycles. The van der Waals surface area contributed by atoms with Gasteiger partial charge in [0.1, 0.15) is 18.3 Å². The number of halogens is 1. The standard InChI is InChI=1S/C20H25FN4O6/c1-14(20-22-23-24-25(20)13-30-10-9-29-2)3-6-16(26)11-17(27)12-19(28)31-18-7-4-15(21)5-8-18/h3-8,16-17,26-27H,1,9-13H2,2H3. The van der Waals surface area contributed by atoms with Gasteiger partial charge in [0.2, 0.25) is 0 Å². The minimum absolute atomic E-state index is 0.104. The van der Waals surface area contributed by atoms with Gasteiger partial charge in [0, 0.05) is 19.1 Å². The van der Waals surface area contributed by atoms with Crippen molar-refractivity contribution in [1.82, 2.24) is 20.2 Å². The zero-order valence-corrected chi connectivity index (χ0v) is 17.1. The molecule has 0 saturated heterocycles. The molecule has 2 atom stereocenters. The Kier molecular flexibility index (Phi) is 9.91. The number of carbonyl (C=O) groups is 1. The van der Waals surface area contributed by atoms with Gasteiger partial charge in [-0.3, -0.25) is 4.79 Å². The number of allylic oxidation sites excluding steroid dienone is 2. The van der Waals surface area contributed by atoms with Crippen LogP contribution >= 0.6 is 0 Å². The van der Waals surface area contributed by atoms with E-state index in [-0.39, 0.29) is 25.3 Å². The second-order valence-electron chi connectivity index (χ2n) is 6.51. The molecule has 168 valence electrons. The minimum Gasteiger partial charge on any atom is -0.426 e.